The summed E-state index contributed by atoms with van der Waals surface area (Å²) >= 11 is 0. The molecule has 1 rings (SSSR count). The van der Waals surface area contributed by atoms with E-state index in [0.717, 1.165) is 13.0 Å². The minimum absolute atomic E-state index is 0.352. The number of nitrogens with two attached hydrogens (primary N) is 1. The highest BCUT2D eigenvalue weighted by Crippen LogP contribution is 2.08. The Hall–Kier alpha value is -1.40. The molecule has 0 bridgehead atoms. The lowest BCUT2D eigenvalue weighted by atomic mass is 10.1. The Labute approximate surface area is 114 Å². The zero-order valence-electron chi connectivity index (χ0n) is 12.0. The molecule has 0 aromatic carbocycles. The van der Waals surface area contributed by atoms with Crippen LogP contribution in [0.5, 0.6) is 0 Å². The van der Waals surface area contributed by atoms with Crippen molar-refractivity contribution in [1.82, 2.24) is 9.97 Å². The van der Waals surface area contributed by atoms with Gasteiger partial charge < -0.3 is 20.5 Å². The van der Waals surface area contributed by atoms with Gasteiger partial charge in [0.1, 0.15) is 18.2 Å². The maximum absolute atomic E-state index is 5.70. The van der Waals surface area contributed by atoms with E-state index in [9.17, 15) is 0 Å². The average Bonchev–Trinajstić information content (AvgIpc) is 2.33. The first kappa shape index (κ1) is 15.7. The molecule has 0 saturated heterocycles. The summed E-state index contributed by atoms with van der Waals surface area (Å²) in [6, 6.07) is 1.70. The minimum atomic E-state index is 0.352. The van der Waals surface area contributed by atoms with Gasteiger partial charge in [-0.15, -0.1) is 0 Å². The monoisotopic (exact) mass is 268 g/mol. The van der Waals surface area contributed by atoms with Gasteiger partial charge >= 0.3 is 0 Å². The van der Waals surface area contributed by atoms with Crippen LogP contribution in [0.3, 0.4) is 0 Å². The van der Waals surface area contributed by atoms with Gasteiger partial charge in [0.25, 0.3) is 0 Å². The fourth-order valence-electron chi connectivity index (χ4n) is 1.47. The molecule has 1 aromatic rings. The van der Waals surface area contributed by atoms with E-state index in [0.29, 0.717) is 43.1 Å². The third-order valence-corrected chi connectivity index (χ3v) is 2.46. The summed E-state index contributed by atoms with van der Waals surface area (Å²) in [5.74, 6) is 2.38. The zero-order valence-corrected chi connectivity index (χ0v) is 12.0. The first-order valence-corrected chi connectivity index (χ1v) is 6.55. The normalized spacial score (nSPS) is 10.9. The predicted molar refractivity (Wildman–Crippen MR) is 75.9 cm³/mol. The second kappa shape index (κ2) is 8.66. The predicted octanol–water partition coefficient (Wildman–Crippen LogP) is 1.68. The molecule has 3 N–H and O–H groups in total. The number of aromatic nitrogens is 2. The lowest BCUT2D eigenvalue weighted by molar-refractivity contribution is 0.132. The molecule has 0 amide bonds. The van der Waals surface area contributed by atoms with Crippen molar-refractivity contribution in [2.24, 2.45) is 5.92 Å². The van der Waals surface area contributed by atoms with Crippen LogP contribution in [0, 0.1) is 5.92 Å². The Balaban J connectivity index is 2.28. The summed E-state index contributed by atoms with van der Waals surface area (Å²) in [5.41, 5.74) is 5.70. The summed E-state index contributed by atoms with van der Waals surface area (Å²) in [6.07, 6.45) is 1.08. The number of ether oxygens (including phenoxy) is 2. The molecule has 0 aliphatic heterocycles. The van der Waals surface area contributed by atoms with Gasteiger partial charge in [0, 0.05) is 26.3 Å². The van der Waals surface area contributed by atoms with Crippen LogP contribution >= 0.6 is 0 Å². The summed E-state index contributed by atoms with van der Waals surface area (Å²) in [6.45, 7) is 6.85. The number of nitrogen functional groups attached to an aromatic ring is 1. The molecule has 6 nitrogen and oxygen atoms in total. The highest BCUT2D eigenvalue weighted by Gasteiger charge is 2.02. The minimum Gasteiger partial charge on any atom is -0.384 e. The second-order valence-electron chi connectivity index (χ2n) is 4.75. The molecule has 0 aliphatic rings. The number of nitrogens with zero attached hydrogens (tertiary/aromatic N) is 2. The summed E-state index contributed by atoms with van der Waals surface area (Å²) < 4.78 is 10.5. The van der Waals surface area contributed by atoms with Crippen molar-refractivity contribution in [3.63, 3.8) is 0 Å². The van der Waals surface area contributed by atoms with Gasteiger partial charge in [-0.05, 0) is 12.3 Å². The van der Waals surface area contributed by atoms with Crippen LogP contribution in [0.4, 0.5) is 11.6 Å². The van der Waals surface area contributed by atoms with Gasteiger partial charge in [0.2, 0.25) is 0 Å². The van der Waals surface area contributed by atoms with Gasteiger partial charge in [-0.25, -0.2) is 9.97 Å². The molecule has 0 spiro atoms. The molecule has 1 aromatic heterocycles. The number of hydrogen-bond donors (Lipinski definition) is 2. The molecule has 19 heavy (non-hydrogen) atoms. The standard InChI is InChI=1S/C13H24N4O2/c1-10(2)4-6-19-7-5-15-12-8-11(14)16-13(17-12)9-18-3/h8,10H,4-7,9H2,1-3H3,(H3,14,15,16,17). The molecule has 0 unspecified atom stereocenters. The number of hydrogen-bond acceptors (Lipinski definition) is 6. The quantitative estimate of drug-likeness (QED) is 0.663. The van der Waals surface area contributed by atoms with Crippen molar-refractivity contribution in [2.45, 2.75) is 26.9 Å². The lowest BCUT2D eigenvalue weighted by Crippen LogP contribution is -2.13. The van der Waals surface area contributed by atoms with E-state index in [1.165, 1.54) is 0 Å². The van der Waals surface area contributed by atoms with Crippen LogP contribution in [-0.2, 0) is 16.1 Å². The van der Waals surface area contributed by atoms with Crippen molar-refractivity contribution in [3.8, 4) is 0 Å². The Bertz CT molecular complexity index is 372. The van der Waals surface area contributed by atoms with Crippen LogP contribution in [0.25, 0.3) is 0 Å². The molecule has 1 heterocycles. The molecular weight excluding hydrogens is 244 g/mol. The van der Waals surface area contributed by atoms with Crippen molar-refractivity contribution < 1.29 is 9.47 Å². The topological polar surface area (TPSA) is 82.3 Å². The summed E-state index contributed by atoms with van der Waals surface area (Å²) in [7, 11) is 1.60. The molecule has 0 fully saturated rings. The van der Waals surface area contributed by atoms with Crippen LogP contribution in [0.2, 0.25) is 0 Å². The van der Waals surface area contributed by atoms with Crippen LogP contribution in [0.1, 0.15) is 26.1 Å². The molecule has 0 radical (unpaired) electrons. The van der Waals surface area contributed by atoms with Gasteiger partial charge in [-0.1, -0.05) is 13.8 Å². The first-order chi connectivity index (χ1) is 9.11. The van der Waals surface area contributed by atoms with Crippen LogP contribution in [0.15, 0.2) is 6.07 Å². The maximum atomic E-state index is 5.70. The van der Waals surface area contributed by atoms with E-state index in [1.807, 2.05) is 0 Å². The fraction of sp³-hybridized carbons (Fsp3) is 0.692. The SMILES string of the molecule is COCc1nc(N)cc(NCCOCCC(C)C)n1. The van der Waals surface area contributed by atoms with Crippen molar-refractivity contribution >= 4 is 11.6 Å². The van der Waals surface area contributed by atoms with E-state index in [1.54, 1.807) is 13.2 Å². The molecular formula is C13H24N4O2. The van der Waals surface area contributed by atoms with E-state index in [2.05, 4.69) is 29.1 Å². The highest BCUT2D eigenvalue weighted by molar-refractivity contribution is 5.44. The van der Waals surface area contributed by atoms with E-state index >= 15 is 0 Å². The zero-order chi connectivity index (χ0) is 14.1. The first-order valence-electron chi connectivity index (χ1n) is 6.55. The molecule has 0 saturated carbocycles. The number of anilines is 2. The Morgan fingerprint density at radius 1 is 1.32 bits per heavy atom. The lowest BCUT2D eigenvalue weighted by Gasteiger charge is -2.09. The fourth-order valence-corrected chi connectivity index (χ4v) is 1.47. The average molecular weight is 268 g/mol. The third-order valence-electron chi connectivity index (χ3n) is 2.46. The molecule has 6 heteroatoms. The Morgan fingerprint density at radius 3 is 2.79 bits per heavy atom. The number of rotatable bonds is 9. The number of methoxy groups -OCH3 is 1. The van der Waals surface area contributed by atoms with E-state index < -0.39 is 0 Å². The third kappa shape index (κ3) is 6.93. The molecule has 108 valence electrons. The van der Waals surface area contributed by atoms with Crippen LogP contribution in [-0.4, -0.2) is 36.8 Å². The van der Waals surface area contributed by atoms with Crippen molar-refractivity contribution in [1.29, 1.82) is 0 Å². The summed E-state index contributed by atoms with van der Waals surface area (Å²) in [4.78, 5) is 8.36. The van der Waals surface area contributed by atoms with E-state index in [-0.39, 0.29) is 0 Å². The van der Waals surface area contributed by atoms with Crippen LogP contribution < -0.4 is 11.1 Å². The van der Waals surface area contributed by atoms with Crippen molar-refractivity contribution in [3.05, 3.63) is 11.9 Å². The van der Waals surface area contributed by atoms with Gasteiger partial charge in [-0.2, -0.15) is 0 Å². The van der Waals surface area contributed by atoms with E-state index in [4.69, 9.17) is 15.2 Å². The summed E-state index contributed by atoms with van der Waals surface area (Å²) in [5, 5.41) is 3.16. The molecule has 0 aliphatic carbocycles. The molecule has 0 atom stereocenters. The highest BCUT2D eigenvalue weighted by atomic mass is 16.5. The van der Waals surface area contributed by atoms with Gasteiger partial charge in [-0.3, -0.25) is 0 Å². The largest absolute Gasteiger partial charge is 0.384 e. The Kier molecular flexibility index (Phi) is 7.14. The Morgan fingerprint density at radius 2 is 2.11 bits per heavy atom. The van der Waals surface area contributed by atoms with Gasteiger partial charge in [0.15, 0.2) is 5.82 Å². The maximum Gasteiger partial charge on any atom is 0.158 e. The second-order valence-corrected chi connectivity index (χ2v) is 4.75. The number of nitrogens with one attached hydrogen (secondary N) is 1. The van der Waals surface area contributed by atoms with Crippen molar-refractivity contribution in [2.75, 3.05) is 37.9 Å². The smallest absolute Gasteiger partial charge is 0.158 e. The van der Waals surface area contributed by atoms with Gasteiger partial charge in [0.05, 0.1) is 6.61 Å².